The molecule has 2 aromatic carbocycles. The van der Waals surface area contributed by atoms with E-state index in [1.54, 1.807) is 0 Å². The zero-order chi connectivity index (χ0) is 12.5. The highest BCUT2D eigenvalue weighted by Gasteiger charge is 2.10. The van der Waals surface area contributed by atoms with Crippen molar-refractivity contribution in [3.8, 4) is 11.1 Å². The average Bonchev–Trinajstić information content (AvgIpc) is 2.72. The topological polar surface area (TPSA) is 62.0 Å². The number of carbonyl (C=O) groups is 1. The SMILES string of the molecule is O=C(O)Cc1ccc(-c2ccc3cc2N=N3)cc1. The molecule has 2 aromatic rings. The maximum Gasteiger partial charge on any atom is 0.307 e. The first-order valence-corrected chi connectivity index (χ1v) is 5.59. The molecule has 2 bridgehead atoms. The van der Waals surface area contributed by atoms with Gasteiger partial charge in [-0.25, -0.2) is 0 Å². The van der Waals surface area contributed by atoms with E-state index in [1.165, 1.54) is 0 Å². The Morgan fingerprint density at radius 3 is 2.56 bits per heavy atom. The highest BCUT2D eigenvalue weighted by molar-refractivity contribution is 5.80. The van der Waals surface area contributed by atoms with Crippen molar-refractivity contribution in [2.45, 2.75) is 6.42 Å². The Balaban J connectivity index is 1.94. The molecule has 4 nitrogen and oxygen atoms in total. The molecule has 0 aliphatic carbocycles. The normalized spacial score (nSPS) is 11.8. The highest BCUT2D eigenvalue weighted by atomic mass is 16.4. The van der Waals surface area contributed by atoms with Gasteiger partial charge in [0.2, 0.25) is 0 Å². The lowest BCUT2D eigenvalue weighted by Crippen LogP contribution is -1.99. The van der Waals surface area contributed by atoms with Crippen molar-refractivity contribution in [3.63, 3.8) is 0 Å². The van der Waals surface area contributed by atoms with E-state index >= 15 is 0 Å². The van der Waals surface area contributed by atoms with Gasteiger partial charge in [-0.1, -0.05) is 24.3 Å². The Morgan fingerprint density at radius 2 is 1.83 bits per heavy atom. The molecule has 3 rings (SSSR count). The fraction of sp³-hybridized carbons (Fsp3) is 0.0714. The second-order valence-electron chi connectivity index (χ2n) is 4.17. The quantitative estimate of drug-likeness (QED) is 0.756. The van der Waals surface area contributed by atoms with E-state index in [1.807, 2.05) is 42.5 Å². The van der Waals surface area contributed by atoms with Crippen LogP contribution in [0.15, 0.2) is 52.7 Å². The molecular weight excluding hydrogens is 228 g/mol. The van der Waals surface area contributed by atoms with Crippen LogP contribution in [0.4, 0.5) is 11.4 Å². The summed E-state index contributed by atoms with van der Waals surface area (Å²) < 4.78 is 0. The van der Waals surface area contributed by atoms with Crippen molar-refractivity contribution in [3.05, 3.63) is 48.0 Å². The van der Waals surface area contributed by atoms with Gasteiger partial charge in [0, 0.05) is 5.56 Å². The lowest BCUT2D eigenvalue weighted by atomic mass is 10.0. The van der Waals surface area contributed by atoms with Crippen molar-refractivity contribution >= 4 is 17.3 Å². The third-order valence-corrected chi connectivity index (χ3v) is 2.87. The van der Waals surface area contributed by atoms with E-state index in [0.29, 0.717) is 0 Å². The molecule has 0 radical (unpaired) electrons. The largest absolute Gasteiger partial charge is 0.481 e. The number of hydrogen-bond donors (Lipinski definition) is 1. The number of benzene rings is 2. The summed E-state index contributed by atoms with van der Waals surface area (Å²) in [7, 11) is 0. The number of fused-ring (bicyclic) bond motifs is 2. The molecular formula is C14H10N2O2. The van der Waals surface area contributed by atoms with Crippen molar-refractivity contribution < 1.29 is 9.90 Å². The first-order valence-electron chi connectivity index (χ1n) is 5.59. The van der Waals surface area contributed by atoms with Crippen molar-refractivity contribution in [1.82, 2.24) is 0 Å². The van der Waals surface area contributed by atoms with Crippen molar-refractivity contribution in [2.24, 2.45) is 10.2 Å². The molecule has 1 N–H and O–H groups in total. The van der Waals surface area contributed by atoms with Gasteiger partial charge in [0.05, 0.1) is 17.8 Å². The lowest BCUT2D eigenvalue weighted by Gasteiger charge is -2.04. The standard InChI is InChI=1S/C14H10N2O2/c17-14(18)7-9-1-3-10(4-2-9)12-6-5-11-8-13(12)16-15-11/h1-6,8H,7H2,(H,17,18). The van der Waals surface area contributed by atoms with Crippen LogP contribution in [-0.2, 0) is 11.2 Å². The number of carboxylic acids is 1. The summed E-state index contributed by atoms with van der Waals surface area (Å²) in [6.07, 6.45) is 0.0474. The second kappa shape index (κ2) is 4.07. The molecule has 0 amide bonds. The average molecular weight is 238 g/mol. The van der Waals surface area contributed by atoms with E-state index in [9.17, 15) is 4.79 Å². The summed E-state index contributed by atoms with van der Waals surface area (Å²) in [6, 6.07) is 13.3. The Bertz CT molecular complexity index is 645. The van der Waals surface area contributed by atoms with Crippen LogP contribution in [-0.4, -0.2) is 11.1 Å². The van der Waals surface area contributed by atoms with Crippen LogP contribution in [0.25, 0.3) is 11.1 Å². The van der Waals surface area contributed by atoms with Gasteiger partial charge >= 0.3 is 5.97 Å². The van der Waals surface area contributed by atoms with Crippen molar-refractivity contribution in [1.29, 1.82) is 0 Å². The first-order chi connectivity index (χ1) is 8.72. The number of azo groups is 1. The van der Waals surface area contributed by atoms with Gasteiger partial charge in [-0.05, 0) is 29.3 Å². The Hall–Kier alpha value is -2.49. The maximum atomic E-state index is 10.6. The molecule has 0 atom stereocenters. The summed E-state index contributed by atoms with van der Waals surface area (Å²) in [5.74, 6) is -0.820. The molecule has 1 aliphatic heterocycles. The van der Waals surface area contributed by atoms with Crippen LogP contribution >= 0.6 is 0 Å². The minimum atomic E-state index is -0.820. The van der Waals surface area contributed by atoms with E-state index in [-0.39, 0.29) is 6.42 Å². The van der Waals surface area contributed by atoms with Crippen LogP contribution in [0, 0.1) is 0 Å². The molecule has 1 aliphatic rings. The van der Waals surface area contributed by atoms with Crippen molar-refractivity contribution in [2.75, 3.05) is 0 Å². The zero-order valence-corrected chi connectivity index (χ0v) is 9.50. The Morgan fingerprint density at radius 1 is 1.06 bits per heavy atom. The predicted octanol–water partition coefficient (Wildman–Crippen LogP) is 3.71. The maximum absolute atomic E-state index is 10.6. The molecule has 0 aromatic heterocycles. The molecule has 0 unspecified atom stereocenters. The molecule has 0 saturated heterocycles. The lowest BCUT2D eigenvalue weighted by molar-refractivity contribution is -0.136. The summed E-state index contributed by atoms with van der Waals surface area (Å²) in [5.41, 5.74) is 4.56. The minimum Gasteiger partial charge on any atom is -0.481 e. The van der Waals surface area contributed by atoms with Gasteiger partial charge in [0.25, 0.3) is 0 Å². The minimum absolute atomic E-state index is 0.0474. The van der Waals surface area contributed by atoms with Crippen LogP contribution in [0.2, 0.25) is 0 Å². The van der Waals surface area contributed by atoms with Gasteiger partial charge in [-0.15, -0.1) is 5.11 Å². The first kappa shape index (κ1) is 10.7. The summed E-state index contributed by atoms with van der Waals surface area (Å²) in [6.45, 7) is 0. The molecule has 18 heavy (non-hydrogen) atoms. The number of nitrogens with zero attached hydrogens (tertiary/aromatic N) is 2. The molecule has 0 spiro atoms. The van der Waals surface area contributed by atoms with Gasteiger partial charge < -0.3 is 5.11 Å². The third kappa shape index (κ3) is 1.88. The zero-order valence-electron chi connectivity index (χ0n) is 9.50. The van der Waals surface area contributed by atoms with Crippen LogP contribution in [0.3, 0.4) is 0 Å². The van der Waals surface area contributed by atoms with Crippen LogP contribution in [0.1, 0.15) is 5.56 Å². The molecule has 1 heterocycles. The molecule has 0 fully saturated rings. The van der Waals surface area contributed by atoms with E-state index in [2.05, 4.69) is 10.2 Å². The van der Waals surface area contributed by atoms with Gasteiger partial charge in [0.1, 0.15) is 0 Å². The fourth-order valence-corrected chi connectivity index (χ4v) is 2.00. The summed E-state index contributed by atoms with van der Waals surface area (Å²) >= 11 is 0. The molecule has 4 heteroatoms. The number of rotatable bonds is 3. The van der Waals surface area contributed by atoms with Gasteiger partial charge in [-0.2, -0.15) is 5.11 Å². The van der Waals surface area contributed by atoms with Gasteiger partial charge in [0.15, 0.2) is 0 Å². The Kier molecular flexibility index (Phi) is 2.41. The summed E-state index contributed by atoms with van der Waals surface area (Å²) in [4.78, 5) is 10.6. The highest BCUT2D eigenvalue weighted by Crippen LogP contribution is 2.38. The molecule has 88 valence electrons. The number of aliphatic carboxylic acids is 1. The van der Waals surface area contributed by atoms with Crippen LogP contribution in [0.5, 0.6) is 0 Å². The van der Waals surface area contributed by atoms with E-state index in [4.69, 9.17) is 5.11 Å². The van der Waals surface area contributed by atoms with Gasteiger partial charge in [-0.3, -0.25) is 4.79 Å². The Labute approximate surface area is 104 Å². The smallest absolute Gasteiger partial charge is 0.307 e. The number of carboxylic acid groups (broad SMARTS) is 1. The van der Waals surface area contributed by atoms with E-state index in [0.717, 1.165) is 28.1 Å². The summed E-state index contributed by atoms with van der Waals surface area (Å²) in [5, 5.41) is 16.8. The predicted molar refractivity (Wildman–Crippen MR) is 67.4 cm³/mol. The van der Waals surface area contributed by atoms with Crippen LogP contribution < -0.4 is 0 Å². The molecule has 0 saturated carbocycles. The third-order valence-electron chi connectivity index (χ3n) is 2.87. The fourth-order valence-electron chi connectivity index (χ4n) is 2.00. The second-order valence-corrected chi connectivity index (χ2v) is 4.17. The monoisotopic (exact) mass is 238 g/mol. The van der Waals surface area contributed by atoms with E-state index < -0.39 is 5.97 Å². The number of hydrogen-bond acceptors (Lipinski definition) is 3.